The van der Waals surface area contributed by atoms with Gasteiger partial charge in [0.05, 0.1) is 27.9 Å². The third-order valence-electron chi connectivity index (χ3n) is 3.66. The molecule has 2 aromatic rings. The molecule has 0 spiro atoms. The number of thiazole rings is 1. The predicted octanol–water partition coefficient (Wildman–Crippen LogP) is 3.67. The van der Waals surface area contributed by atoms with E-state index in [9.17, 15) is 13.2 Å². The lowest BCUT2D eigenvalue weighted by Crippen LogP contribution is -2.36. The van der Waals surface area contributed by atoms with Crippen LogP contribution in [0.2, 0.25) is 0 Å². The van der Waals surface area contributed by atoms with Crippen molar-refractivity contribution in [3.05, 3.63) is 33.8 Å². The molecule has 2 rings (SSSR count). The summed E-state index contributed by atoms with van der Waals surface area (Å²) in [6, 6.07) is 3.58. The number of guanidine groups is 1. The van der Waals surface area contributed by atoms with Crippen LogP contribution in [0.4, 0.5) is 13.2 Å². The lowest BCUT2D eigenvalue weighted by Gasteiger charge is -2.15. The van der Waals surface area contributed by atoms with Crippen LogP contribution in [0.5, 0.6) is 17.2 Å². The van der Waals surface area contributed by atoms with Crippen molar-refractivity contribution in [2.75, 3.05) is 28.4 Å². The number of methoxy groups -OCH3 is 3. The summed E-state index contributed by atoms with van der Waals surface area (Å²) >= 11 is 0.934. The van der Waals surface area contributed by atoms with Gasteiger partial charge in [-0.05, 0) is 17.7 Å². The van der Waals surface area contributed by atoms with E-state index < -0.39 is 11.9 Å². The van der Waals surface area contributed by atoms with E-state index in [2.05, 4.69) is 20.6 Å². The van der Waals surface area contributed by atoms with Gasteiger partial charge in [0.25, 0.3) is 0 Å². The molecule has 0 aliphatic heterocycles. The van der Waals surface area contributed by atoms with Gasteiger partial charge in [-0.15, -0.1) is 35.3 Å². The van der Waals surface area contributed by atoms with Crippen LogP contribution >= 0.6 is 35.3 Å². The van der Waals surface area contributed by atoms with Crippen molar-refractivity contribution in [3.8, 4) is 17.2 Å². The van der Waals surface area contributed by atoms with Gasteiger partial charge in [-0.1, -0.05) is 0 Å². The van der Waals surface area contributed by atoms with Crippen LogP contribution in [0.15, 0.2) is 22.5 Å². The van der Waals surface area contributed by atoms with Crippen molar-refractivity contribution in [1.82, 2.24) is 15.6 Å². The maximum Gasteiger partial charge on any atom is 0.434 e. The Morgan fingerprint density at radius 3 is 2.10 bits per heavy atom. The predicted molar refractivity (Wildman–Crippen MR) is 116 cm³/mol. The SMILES string of the molecule is CN=C(NCc1cc(OC)c(OC)c(OC)c1)NCc1nc(C(F)(F)F)cs1.I. The first kappa shape index (κ1) is 25.1. The highest BCUT2D eigenvalue weighted by Gasteiger charge is 2.33. The van der Waals surface area contributed by atoms with Crippen LogP contribution in [-0.4, -0.2) is 39.3 Å². The van der Waals surface area contributed by atoms with Crippen molar-refractivity contribution < 1.29 is 27.4 Å². The minimum absolute atomic E-state index is 0. The highest BCUT2D eigenvalue weighted by atomic mass is 127. The van der Waals surface area contributed by atoms with E-state index in [1.807, 2.05) is 0 Å². The molecule has 0 amide bonds. The second kappa shape index (κ2) is 11.3. The fraction of sp³-hybridized carbons (Fsp3) is 0.412. The Morgan fingerprint density at radius 1 is 1.07 bits per heavy atom. The summed E-state index contributed by atoms with van der Waals surface area (Å²) in [6.07, 6.45) is -4.44. The van der Waals surface area contributed by atoms with Gasteiger partial charge in [0, 0.05) is 19.0 Å². The van der Waals surface area contributed by atoms with E-state index in [1.165, 1.54) is 21.3 Å². The molecule has 1 heterocycles. The lowest BCUT2D eigenvalue weighted by molar-refractivity contribution is -0.140. The van der Waals surface area contributed by atoms with Crippen LogP contribution in [0.25, 0.3) is 0 Å². The molecule has 2 N–H and O–H groups in total. The molecule has 1 aromatic heterocycles. The molecule has 1 aromatic carbocycles. The van der Waals surface area contributed by atoms with Gasteiger partial charge in [-0.3, -0.25) is 4.99 Å². The van der Waals surface area contributed by atoms with E-state index in [0.717, 1.165) is 22.3 Å². The van der Waals surface area contributed by atoms with Crippen LogP contribution in [0.1, 0.15) is 16.3 Å². The average molecular weight is 546 g/mol. The molecule has 0 unspecified atom stereocenters. The molecular formula is C17H22F3IN4O3S. The number of aromatic nitrogens is 1. The Kier molecular flexibility index (Phi) is 9.76. The summed E-state index contributed by atoms with van der Waals surface area (Å²) < 4.78 is 53.7. The second-order valence-electron chi connectivity index (χ2n) is 5.44. The number of ether oxygens (including phenoxy) is 3. The smallest absolute Gasteiger partial charge is 0.434 e. The molecule has 0 fully saturated rings. The summed E-state index contributed by atoms with van der Waals surface area (Å²) in [5.41, 5.74) is -0.0549. The summed E-state index contributed by atoms with van der Waals surface area (Å²) in [6.45, 7) is 0.498. The minimum atomic E-state index is -4.44. The molecule has 0 radical (unpaired) electrons. The first-order valence-electron chi connectivity index (χ1n) is 8.07. The van der Waals surface area contributed by atoms with Crippen LogP contribution in [0, 0.1) is 0 Å². The van der Waals surface area contributed by atoms with Crippen molar-refractivity contribution in [1.29, 1.82) is 0 Å². The van der Waals surface area contributed by atoms with Gasteiger partial charge in [0.2, 0.25) is 5.75 Å². The number of hydrogen-bond acceptors (Lipinski definition) is 6. The number of aliphatic imine (C=N–C) groups is 1. The van der Waals surface area contributed by atoms with Crippen LogP contribution in [0.3, 0.4) is 0 Å². The van der Waals surface area contributed by atoms with Crippen molar-refractivity contribution in [2.24, 2.45) is 4.99 Å². The highest BCUT2D eigenvalue weighted by molar-refractivity contribution is 14.0. The molecule has 0 saturated heterocycles. The number of rotatable bonds is 7. The lowest BCUT2D eigenvalue weighted by atomic mass is 10.2. The molecule has 0 atom stereocenters. The fourth-order valence-corrected chi connectivity index (χ4v) is 3.07. The summed E-state index contributed by atoms with van der Waals surface area (Å²) in [7, 11) is 6.14. The monoisotopic (exact) mass is 546 g/mol. The zero-order valence-electron chi connectivity index (χ0n) is 16.2. The van der Waals surface area contributed by atoms with Gasteiger partial charge < -0.3 is 24.8 Å². The standard InChI is InChI=1S/C17H21F3N4O3S.HI/c1-21-16(23-8-14-24-13(9-28-14)17(18,19)20)22-7-10-5-11(25-2)15(27-4)12(6-10)26-3;/h5-6,9H,7-8H2,1-4H3,(H2,21,22,23);1H. The normalized spacial score (nSPS) is 11.5. The molecule has 29 heavy (non-hydrogen) atoms. The summed E-state index contributed by atoms with van der Waals surface area (Å²) in [4.78, 5) is 7.63. The van der Waals surface area contributed by atoms with Gasteiger partial charge in [0.1, 0.15) is 5.01 Å². The van der Waals surface area contributed by atoms with Gasteiger partial charge >= 0.3 is 6.18 Å². The Labute approximate surface area is 187 Å². The molecule has 162 valence electrons. The summed E-state index contributed by atoms with van der Waals surface area (Å²) in [5.74, 6) is 1.94. The molecule has 0 saturated carbocycles. The quantitative estimate of drug-likeness (QED) is 0.314. The topological polar surface area (TPSA) is 77.0 Å². The molecule has 0 aliphatic carbocycles. The third-order valence-corrected chi connectivity index (χ3v) is 4.51. The second-order valence-corrected chi connectivity index (χ2v) is 6.38. The minimum Gasteiger partial charge on any atom is -0.493 e. The van der Waals surface area contributed by atoms with Gasteiger partial charge in [0.15, 0.2) is 23.2 Å². The van der Waals surface area contributed by atoms with Crippen LogP contribution in [-0.2, 0) is 19.3 Å². The number of halogens is 4. The number of benzene rings is 1. The molecule has 12 heteroatoms. The van der Waals surface area contributed by atoms with E-state index in [-0.39, 0.29) is 30.5 Å². The zero-order valence-corrected chi connectivity index (χ0v) is 19.4. The maximum atomic E-state index is 12.6. The Balaban J connectivity index is 0.00000420. The van der Waals surface area contributed by atoms with Gasteiger partial charge in [-0.2, -0.15) is 13.2 Å². The fourth-order valence-electron chi connectivity index (χ4n) is 2.33. The van der Waals surface area contributed by atoms with E-state index in [1.54, 1.807) is 19.2 Å². The number of nitrogens with one attached hydrogen (secondary N) is 2. The highest BCUT2D eigenvalue weighted by Crippen LogP contribution is 2.38. The van der Waals surface area contributed by atoms with E-state index in [4.69, 9.17) is 14.2 Å². The summed E-state index contributed by atoms with van der Waals surface area (Å²) in [5, 5.41) is 7.31. The zero-order chi connectivity index (χ0) is 20.7. The van der Waals surface area contributed by atoms with Crippen molar-refractivity contribution >= 4 is 41.3 Å². The Morgan fingerprint density at radius 2 is 1.66 bits per heavy atom. The third kappa shape index (κ3) is 6.80. The molecule has 7 nitrogen and oxygen atoms in total. The molecule has 0 bridgehead atoms. The first-order valence-corrected chi connectivity index (χ1v) is 8.95. The van der Waals surface area contributed by atoms with Gasteiger partial charge in [-0.25, -0.2) is 4.98 Å². The van der Waals surface area contributed by atoms with Crippen molar-refractivity contribution in [2.45, 2.75) is 19.3 Å². The van der Waals surface area contributed by atoms with E-state index >= 15 is 0 Å². The largest absolute Gasteiger partial charge is 0.493 e. The Bertz CT molecular complexity index is 805. The molecular weight excluding hydrogens is 524 g/mol. The van der Waals surface area contributed by atoms with Crippen LogP contribution < -0.4 is 24.8 Å². The number of hydrogen-bond donors (Lipinski definition) is 2. The van der Waals surface area contributed by atoms with E-state index in [0.29, 0.717) is 34.8 Å². The first-order chi connectivity index (χ1) is 13.3. The molecule has 0 aliphatic rings. The number of nitrogens with zero attached hydrogens (tertiary/aromatic N) is 2. The maximum absolute atomic E-state index is 12.6. The van der Waals surface area contributed by atoms with Crippen molar-refractivity contribution in [3.63, 3.8) is 0 Å². The number of alkyl halides is 3. The average Bonchev–Trinajstić information content (AvgIpc) is 3.16. The Hall–Kier alpha value is -1.96.